The third kappa shape index (κ3) is 5.06. The Kier molecular flexibility index (Phi) is 6.05. The van der Waals surface area contributed by atoms with Gasteiger partial charge in [0.1, 0.15) is 17.2 Å². The Hall–Kier alpha value is -2.90. The molecule has 0 aliphatic carbocycles. The Balaban J connectivity index is 1.75. The highest BCUT2D eigenvalue weighted by Crippen LogP contribution is 2.29. The van der Waals surface area contributed by atoms with Crippen molar-refractivity contribution in [1.29, 1.82) is 0 Å². The predicted molar refractivity (Wildman–Crippen MR) is 108 cm³/mol. The van der Waals surface area contributed by atoms with E-state index in [0.717, 1.165) is 4.47 Å². The smallest absolute Gasteiger partial charge is 0.352 e. The van der Waals surface area contributed by atoms with Crippen LogP contribution < -0.4 is 10.1 Å². The number of nitrogens with one attached hydrogen (secondary N) is 1. The highest BCUT2D eigenvalue weighted by atomic mass is 79.9. The topological polar surface area (TPSA) is 75.6 Å². The molecule has 0 unspecified atom stereocenters. The molecule has 7 heteroatoms. The number of amides is 1. The summed E-state index contributed by atoms with van der Waals surface area (Å²) >= 11 is 4.66. The van der Waals surface area contributed by atoms with E-state index in [1.54, 1.807) is 41.8 Å². The van der Waals surface area contributed by atoms with E-state index in [-0.39, 0.29) is 5.70 Å². The van der Waals surface area contributed by atoms with Gasteiger partial charge < -0.3 is 15.2 Å². The first-order valence-electron chi connectivity index (χ1n) is 7.85. The van der Waals surface area contributed by atoms with Crippen LogP contribution in [0.3, 0.4) is 0 Å². The monoisotopic (exact) mass is 443 g/mol. The standard InChI is InChI=1S/C20H14BrNO4S/c21-15-4-1-2-5-17(15)26-14-9-7-13(8-10-14)12-16(20(24)25)22-19(23)18-6-3-11-27-18/h1-12H,(H,22,23)(H,24,25)/b16-12-. The molecular weight excluding hydrogens is 430 g/mol. The van der Waals surface area contributed by atoms with Crippen LogP contribution >= 0.6 is 27.3 Å². The van der Waals surface area contributed by atoms with Gasteiger partial charge in [0.25, 0.3) is 5.91 Å². The lowest BCUT2D eigenvalue weighted by molar-refractivity contribution is -0.132. The van der Waals surface area contributed by atoms with Crippen molar-refractivity contribution in [3.63, 3.8) is 0 Å². The second-order valence-corrected chi connectivity index (χ2v) is 7.20. The van der Waals surface area contributed by atoms with Gasteiger partial charge in [-0.05, 0) is 63.3 Å². The lowest BCUT2D eigenvalue weighted by Crippen LogP contribution is -2.26. The van der Waals surface area contributed by atoms with Crippen LogP contribution in [0.15, 0.2) is 76.2 Å². The Labute approximate surface area is 168 Å². The third-order valence-corrected chi connectivity index (χ3v) is 5.00. The number of aliphatic carboxylic acids is 1. The largest absolute Gasteiger partial charge is 0.477 e. The minimum atomic E-state index is -1.21. The lowest BCUT2D eigenvalue weighted by Gasteiger charge is -2.08. The number of carbonyl (C=O) groups excluding carboxylic acids is 1. The van der Waals surface area contributed by atoms with E-state index in [1.807, 2.05) is 24.3 Å². The summed E-state index contributed by atoms with van der Waals surface area (Å²) in [6.07, 6.45) is 1.40. The molecule has 5 nitrogen and oxygen atoms in total. The van der Waals surface area contributed by atoms with Gasteiger partial charge in [0, 0.05) is 0 Å². The van der Waals surface area contributed by atoms with Crippen molar-refractivity contribution in [3.05, 3.63) is 86.7 Å². The number of thiophene rings is 1. The second kappa shape index (κ2) is 8.66. The Morgan fingerprint density at radius 3 is 2.41 bits per heavy atom. The zero-order valence-electron chi connectivity index (χ0n) is 13.9. The number of hydrogen-bond acceptors (Lipinski definition) is 4. The third-order valence-electron chi connectivity index (χ3n) is 3.48. The van der Waals surface area contributed by atoms with Gasteiger partial charge in [0.05, 0.1) is 9.35 Å². The van der Waals surface area contributed by atoms with Gasteiger partial charge in [-0.25, -0.2) is 4.79 Å². The number of carboxylic acids is 1. The van der Waals surface area contributed by atoms with E-state index >= 15 is 0 Å². The first-order chi connectivity index (χ1) is 13.0. The molecule has 1 amide bonds. The lowest BCUT2D eigenvalue weighted by atomic mass is 10.2. The second-order valence-electron chi connectivity index (χ2n) is 5.40. The molecule has 0 atom stereocenters. The van der Waals surface area contributed by atoms with E-state index in [1.165, 1.54) is 17.4 Å². The molecule has 2 N–H and O–H groups in total. The van der Waals surface area contributed by atoms with E-state index in [2.05, 4.69) is 21.2 Å². The molecule has 1 aromatic heterocycles. The fourth-order valence-corrected chi connectivity index (χ4v) is 3.18. The summed E-state index contributed by atoms with van der Waals surface area (Å²) in [6, 6.07) is 17.7. The normalized spacial score (nSPS) is 11.1. The fourth-order valence-electron chi connectivity index (χ4n) is 2.20. The first-order valence-corrected chi connectivity index (χ1v) is 9.52. The summed E-state index contributed by atoms with van der Waals surface area (Å²) in [5.74, 6) is -0.380. The molecule has 2 aromatic carbocycles. The summed E-state index contributed by atoms with van der Waals surface area (Å²) in [5, 5.41) is 13.5. The molecule has 27 heavy (non-hydrogen) atoms. The highest BCUT2D eigenvalue weighted by Gasteiger charge is 2.14. The fraction of sp³-hybridized carbons (Fsp3) is 0. The minimum Gasteiger partial charge on any atom is -0.477 e. The molecule has 0 saturated carbocycles. The molecule has 0 saturated heterocycles. The van der Waals surface area contributed by atoms with Crippen LogP contribution in [0.5, 0.6) is 11.5 Å². The van der Waals surface area contributed by atoms with E-state index < -0.39 is 11.9 Å². The first kappa shape index (κ1) is 18.9. The van der Waals surface area contributed by atoms with E-state index in [0.29, 0.717) is 21.9 Å². The maximum atomic E-state index is 12.1. The summed E-state index contributed by atoms with van der Waals surface area (Å²) in [7, 11) is 0. The molecule has 3 rings (SSSR count). The van der Waals surface area contributed by atoms with Crippen molar-refractivity contribution in [2.75, 3.05) is 0 Å². The van der Waals surface area contributed by atoms with Gasteiger partial charge in [-0.2, -0.15) is 0 Å². The number of carbonyl (C=O) groups is 2. The Morgan fingerprint density at radius 1 is 1.04 bits per heavy atom. The molecule has 0 spiro atoms. The van der Waals surface area contributed by atoms with Crippen molar-refractivity contribution >= 4 is 45.2 Å². The number of carboxylic acid groups (broad SMARTS) is 1. The van der Waals surface area contributed by atoms with Gasteiger partial charge in [-0.1, -0.05) is 30.3 Å². The van der Waals surface area contributed by atoms with Crippen LogP contribution in [0.4, 0.5) is 0 Å². The van der Waals surface area contributed by atoms with Gasteiger partial charge in [0.2, 0.25) is 0 Å². The SMILES string of the molecule is O=C(O)/C(=C/c1ccc(Oc2ccccc2Br)cc1)NC(=O)c1cccs1. The van der Waals surface area contributed by atoms with Gasteiger partial charge in [0.15, 0.2) is 0 Å². The van der Waals surface area contributed by atoms with Crippen molar-refractivity contribution in [3.8, 4) is 11.5 Å². The number of halogens is 1. The zero-order valence-corrected chi connectivity index (χ0v) is 16.3. The molecular formula is C20H14BrNO4S. The summed E-state index contributed by atoms with van der Waals surface area (Å²) in [6.45, 7) is 0. The highest BCUT2D eigenvalue weighted by molar-refractivity contribution is 9.10. The molecule has 3 aromatic rings. The molecule has 0 fully saturated rings. The van der Waals surface area contributed by atoms with Gasteiger partial charge in [-0.3, -0.25) is 4.79 Å². The Morgan fingerprint density at radius 2 is 1.78 bits per heavy atom. The average Bonchev–Trinajstić information content (AvgIpc) is 3.19. The molecule has 1 heterocycles. The molecule has 0 aliphatic heterocycles. The maximum absolute atomic E-state index is 12.1. The van der Waals surface area contributed by atoms with Gasteiger partial charge >= 0.3 is 5.97 Å². The minimum absolute atomic E-state index is 0.201. The number of ether oxygens (including phenoxy) is 1. The predicted octanol–water partition coefficient (Wildman–Crippen LogP) is 5.16. The summed E-state index contributed by atoms with van der Waals surface area (Å²) in [5.41, 5.74) is 0.422. The number of para-hydroxylation sites is 1. The summed E-state index contributed by atoms with van der Waals surface area (Å²) in [4.78, 5) is 24.0. The molecule has 0 bridgehead atoms. The Bertz CT molecular complexity index is 981. The zero-order chi connectivity index (χ0) is 19.2. The molecule has 136 valence electrons. The molecule has 0 radical (unpaired) electrons. The van der Waals surface area contributed by atoms with Crippen molar-refractivity contribution in [1.82, 2.24) is 5.32 Å². The van der Waals surface area contributed by atoms with Crippen molar-refractivity contribution < 1.29 is 19.4 Å². The van der Waals surface area contributed by atoms with Crippen molar-refractivity contribution in [2.45, 2.75) is 0 Å². The van der Waals surface area contributed by atoms with Crippen LogP contribution in [0.1, 0.15) is 15.2 Å². The number of hydrogen-bond donors (Lipinski definition) is 2. The molecule has 0 aliphatic rings. The van der Waals surface area contributed by atoms with E-state index in [4.69, 9.17) is 4.74 Å². The van der Waals surface area contributed by atoms with Gasteiger partial charge in [-0.15, -0.1) is 11.3 Å². The number of benzene rings is 2. The quantitative estimate of drug-likeness (QED) is 0.515. The van der Waals surface area contributed by atoms with Crippen LogP contribution in [-0.2, 0) is 4.79 Å². The summed E-state index contributed by atoms with van der Waals surface area (Å²) < 4.78 is 6.61. The van der Waals surface area contributed by atoms with Crippen LogP contribution in [0.25, 0.3) is 6.08 Å². The van der Waals surface area contributed by atoms with Crippen LogP contribution in [0.2, 0.25) is 0 Å². The van der Waals surface area contributed by atoms with Crippen molar-refractivity contribution in [2.24, 2.45) is 0 Å². The van der Waals surface area contributed by atoms with E-state index in [9.17, 15) is 14.7 Å². The number of rotatable bonds is 6. The average molecular weight is 444 g/mol. The maximum Gasteiger partial charge on any atom is 0.352 e. The van der Waals surface area contributed by atoms with Crippen LogP contribution in [0, 0.1) is 0 Å². The van der Waals surface area contributed by atoms with Crippen LogP contribution in [-0.4, -0.2) is 17.0 Å².